The summed E-state index contributed by atoms with van der Waals surface area (Å²) in [6.07, 6.45) is 5.26. The van der Waals surface area contributed by atoms with Crippen LogP contribution in [0.4, 0.5) is 0 Å². The highest BCUT2D eigenvalue weighted by molar-refractivity contribution is 5.77. The van der Waals surface area contributed by atoms with E-state index in [0.717, 1.165) is 13.1 Å². The molecule has 100 valence electrons. The predicted molar refractivity (Wildman–Crippen MR) is 77.5 cm³/mol. The van der Waals surface area contributed by atoms with E-state index in [-0.39, 0.29) is 0 Å². The van der Waals surface area contributed by atoms with E-state index in [2.05, 4.69) is 35.1 Å². The fourth-order valence-electron chi connectivity index (χ4n) is 3.45. The molecule has 2 aromatic rings. The Balaban J connectivity index is 1.77. The van der Waals surface area contributed by atoms with Crippen LogP contribution in [0.5, 0.6) is 0 Å². The van der Waals surface area contributed by atoms with Crippen molar-refractivity contribution in [1.29, 1.82) is 0 Å². The molecule has 0 radical (unpaired) electrons. The molecule has 1 aromatic heterocycles. The van der Waals surface area contributed by atoms with Crippen LogP contribution in [0.15, 0.2) is 18.2 Å². The summed E-state index contributed by atoms with van der Waals surface area (Å²) in [5.74, 6) is 2.68. The highest BCUT2D eigenvalue weighted by atomic mass is 15.1. The first-order valence-corrected chi connectivity index (χ1v) is 7.50. The second-order valence-corrected chi connectivity index (χ2v) is 6.09. The molecule has 3 nitrogen and oxygen atoms in total. The lowest BCUT2D eigenvalue weighted by Crippen LogP contribution is -2.13. The van der Waals surface area contributed by atoms with E-state index in [4.69, 9.17) is 4.98 Å². The minimum atomic E-state index is 0.687. The third kappa shape index (κ3) is 1.79. The van der Waals surface area contributed by atoms with Crippen LogP contribution in [0.1, 0.15) is 48.9 Å². The van der Waals surface area contributed by atoms with Crippen molar-refractivity contribution >= 4 is 11.0 Å². The molecule has 1 aliphatic heterocycles. The number of fused-ring (bicyclic) bond motifs is 1. The third-order valence-electron chi connectivity index (χ3n) is 4.94. The summed E-state index contributed by atoms with van der Waals surface area (Å²) < 4.78 is 2.32. The fourth-order valence-corrected chi connectivity index (χ4v) is 3.45. The molecule has 1 N–H and O–H groups in total. The van der Waals surface area contributed by atoms with Gasteiger partial charge in [0.15, 0.2) is 0 Å². The van der Waals surface area contributed by atoms with E-state index >= 15 is 0 Å². The number of hydrogen-bond donors (Lipinski definition) is 1. The number of nitrogens with zero attached hydrogens (tertiary/aromatic N) is 2. The Morgan fingerprint density at radius 2 is 2.11 bits per heavy atom. The van der Waals surface area contributed by atoms with E-state index < -0.39 is 0 Å². The Hall–Kier alpha value is -1.35. The van der Waals surface area contributed by atoms with Crippen molar-refractivity contribution in [3.8, 4) is 0 Å². The molecule has 1 saturated heterocycles. The van der Waals surface area contributed by atoms with Crippen molar-refractivity contribution < 1.29 is 0 Å². The van der Waals surface area contributed by atoms with Crippen molar-refractivity contribution in [3.63, 3.8) is 0 Å². The second-order valence-electron chi connectivity index (χ2n) is 6.09. The summed E-state index contributed by atoms with van der Waals surface area (Å²) in [6.45, 7) is 2.28. The molecule has 1 saturated carbocycles. The number of hydrogen-bond acceptors (Lipinski definition) is 2. The van der Waals surface area contributed by atoms with Crippen molar-refractivity contribution in [2.45, 2.75) is 37.5 Å². The zero-order chi connectivity index (χ0) is 12.8. The van der Waals surface area contributed by atoms with Gasteiger partial charge < -0.3 is 9.88 Å². The topological polar surface area (TPSA) is 29.9 Å². The summed E-state index contributed by atoms with van der Waals surface area (Å²) in [6, 6.07) is 6.85. The lowest BCUT2D eigenvalue weighted by atomic mass is 9.85. The van der Waals surface area contributed by atoms with Crippen LogP contribution in [0, 0.1) is 0 Å². The normalized spacial score (nSPS) is 23.9. The van der Waals surface area contributed by atoms with Gasteiger partial charge in [0.05, 0.1) is 11.0 Å². The molecular weight excluding hydrogens is 234 g/mol. The minimum Gasteiger partial charge on any atom is -0.331 e. The highest BCUT2D eigenvalue weighted by Gasteiger charge is 2.25. The molecule has 4 rings (SSSR count). The van der Waals surface area contributed by atoms with Gasteiger partial charge in [-0.1, -0.05) is 12.5 Å². The van der Waals surface area contributed by atoms with Gasteiger partial charge in [0, 0.05) is 19.5 Å². The second kappa shape index (κ2) is 4.34. The lowest BCUT2D eigenvalue weighted by molar-refractivity contribution is 0.394. The maximum Gasteiger partial charge on any atom is 0.112 e. The van der Waals surface area contributed by atoms with E-state index in [9.17, 15) is 0 Å². The number of rotatable bonds is 2. The van der Waals surface area contributed by atoms with E-state index in [0.29, 0.717) is 11.8 Å². The molecule has 2 aliphatic rings. The van der Waals surface area contributed by atoms with Crippen LogP contribution in [0.25, 0.3) is 11.0 Å². The molecule has 3 heteroatoms. The molecule has 1 unspecified atom stereocenters. The van der Waals surface area contributed by atoms with Gasteiger partial charge in [0.1, 0.15) is 5.82 Å². The standard InChI is InChI=1S/C16H21N3/c1-19-15-9-12(13-7-8-17-10-13)5-6-14(15)18-16(19)11-3-2-4-11/h5-6,9,11,13,17H,2-4,7-8,10H2,1H3. The van der Waals surface area contributed by atoms with Crippen molar-refractivity contribution in [3.05, 3.63) is 29.6 Å². The van der Waals surface area contributed by atoms with Gasteiger partial charge in [-0.25, -0.2) is 4.98 Å². The summed E-state index contributed by atoms with van der Waals surface area (Å²) in [5, 5.41) is 3.45. The third-order valence-corrected chi connectivity index (χ3v) is 4.94. The number of benzene rings is 1. The Labute approximate surface area is 114 Å². The zero-order valence-corrected chi connectivity index (χ0v) is 11.5. The van der Waals surface area contributed by atoms with Crippen LogP contribution in [-0.4, -0.2) is 22.6 Å². The molecule has 1 aliphatic carbocycles. The molecule has 19 heavy (non-hydrogen) atoms. The molecule has 1 aromatic carbocycles. The SMILES string of the molecule is Cn1c(C2CCC2)nc2ccc(C3CCNC3)cc21. The highest BCUT2D eigenvalue weighted by Crippen LogP contribution is 2.37. The van der Waals surface area contributed by atoms with Gasteiger partial charge in [-0.05, 0) is 49.4 Å². The number of aryl methyl sites for hydroxylation is 1. The average Bonchev–Trinajstić information content (AvgIpc) is 2.97. The Kier molecular flexibility index (Phi) is 2.62. The zero-order valence-electron chi connectivity index (χ0n) is 11.5. The van der Waals surface area contributed by atoms with Gasteiger partial charge >= 0.3 is 0 Å². The molecule has 2 fully saturated rings. The lowest BCUT2D eigenvalue weighted by Gasteiger charge is -2.24. The van der Waals surface area contributed by atoms with Gasteiger partial charge in [-0.2, -0.15) is 0 Å². The van der Waals surface area contributed by atoms with Gasteiger partial charge in [-0.3, -0.25) is 0 Å². The van der Waals surface area contributed by atoms with E-state index in [1.807, 2.05) is 0 Å². The summed E-state index contributed by atoms with van der Waals surface area (Å²) in [5.41, 5.74) is 3.95. The monoisotopic (exact) mass is 255 g/mol. The fraction of sp³-hybridized carbons (Fsp3) is 0.562. The van der Waals surface area contributed by atoms with Crippen LogP contribution >= 0.6 is 0 Å². The Morgan fingerprint density at radius 1 is 1.21 bits per heavy atom. The maximum absolute atomic E-state index is 4.85. The first-order chi connectivity index (χ1) is 9.33. The molecular formula is C16H21N3. The quantitative estimate of drug-likeness (QED) is 0.894. The van der Waals surface area contributed by atoms with Crippen LogP contribution in [0.3, 0.4) is 0 Å². The van der Waals surface area contributed by atoms with Crippen molar-refractivity contribution in [2.24, 2.45) is 7.05 Å². The van der Waals surface area contributed by atoms with Crippen LogP contribution in [0.2, 0.25) is 0 Å². The summed E-state index contributed by atoms with van der Waals surface area (Å²) >= 11 is 0. The predicted octanol–water partition coefficient (Wildman–Crippen LogP) is 2.92. The molecule has 0 amide bonds. The van der Waals surface area contributed by atoms with Crippen LogP contribution in [-0.2, 0) is 7.05 Å². The number of imidazole rings is 1. The Bertz CT molecular complexity index is 604. The molecule has 0 spiro atoms. The van der Waals surface area contributed by atoms with Gasteiger partial charge in [-0.15, -0.1) is 0 Å². The molecule has 2 heterocycles. The van der Waals surface area contributed by atoms with Gasteiger partial charge in [0.25, 0.3) is 0 Å². The summed E-state index contributed by atoms with van der Waals surface area (Å²) in [7, 11) is 2.18. The van der Waals surface area contributed by atoms with Crippen molar-refractivity contribution in [2.75, 3.05) is 13.1 Å². The first-order valence-electron chi connectivity index (χ1n) is 7.50. The smallest absolute Gasteiger partial charge is 0.112 e. The molecule has 1 atom stereocenters. The Morgan fingerprint density at radius 3 is 2.79 bits per heavy atom. The largest absolute Gasteiger partial charge is 0.331 e. The van der Waals surface area contributed by atoms with E-state index in [1.54, 1.807) is 0 Å². The average molecular weight is 255 g/mol. The number of nitrogens with one attached hydrogen (secondary N) is 1. The first kappa shape index (κ1) is 11.5. The van der Waals surface area contributed by atoms with E-state index in [1.165, 1.54) is 48.1 Å². The summed E-state index contributed by atoms with van der Waals surface area (Å²) in [4.78, 5) is 4.85. The molecule has 0 bridgehead atoms. The number of aromatic nitrogens is 2. The van der Waals surface area contributed by atoms with Gasteiger partial charge in [0.2, 0.25) is 0 Å². The maximum atomic E-state index is 4.85. The van der Waals surface area contributed by atoms with Crippen molar-refractivity contribution in [1.82, 2.24) is 14.9 Å². The minimum absolute atomic E-state index is 0.687. The van der Waals surface area contributed by atoms with Crippen LogP contribution < -0.4 is 5.32 Å².